The molecule has 1 fully saturated rings. The number of fused-ring (bicyclic) bond motifs is 2. The fourth-order valence-corrected chi connectivity index (χ4v) is 5.88. The zero-order valence-electron chi connectivity index (χ0n) is 22.0. The molecule has 0 spiro atoms. The summed E-state index contributed by atoms with van der Waals surface area (Å²) < 4.78 is 4.83. The molecule has 1 aliphatic rings. The van der Waals surface area contributed by atoms with E-state index in [0.29, 0.717) is 35.4 Å². The van der Waals surface area contributed by atoms with Gasteiger partial charge in [-0.25, -0.2) is 4.79 Å². The van der Waals surface area contributed by atoms with Gasteiger partial charge in [-0.05, 0) is 43.2 Å². The molecule has 0 unspecified atom stereocenters. The molecule has 6 rings (SSSR count). The van der Waals surface area contributed by atoms with Crippen molar-refractivity contribution in [3.05, 3.63) is 105 Å². The van der Waals surface area contributed by atoms with Crippen LogP contribution in [0, 0.1) is 11.3 Å². The van der Waals surface area contributed by atoms with E-state index in [2.05, 4.69) is 16.0 Å². The molecule has 5 aromatic rings. The predicted molar refractivity (Wildman–Crippen MR) is 153 cm³/mol. The molecular weight excluding hydrogens is 488 g/mol. The molecule has 0 aliphatic carbocycles. The van der Waals surface area contributed by atoms with E-state index in [1.807, 2.05) is 72.2 Å². The summed E-state index contributed by atoms with van der Waals surface area (Å²) in [6.45, 7) is 4.31. The lowest BCUT2D eigenvalue weighted by atomic mass is 10.1. The van der Waals surface area contributed by atoms with Crippen LogP contribution in [-0.4, -0.2) is 31.8 Å². The van der Waals surface area contributed by atoms with Gasteiger partial charge in [0.05, 0.1) is 17.8 Å². The zero-order valence-corrected chi connectivity index (χ0v) is 22.0. The molecule has 0 bridgehead atoms. The van der Waals surface area contributed by atoms with E-state index in [0.717, 1.165) is 54.5 Å². The van der Waals surface area contributed by atoms with Crippen molar-refractivity contribution < 1.29 is 0 Å². The van der Waals surface area contributed by atoms with Gasteiger partial charge in [0.25, 0.3) is 5.56 Å². The molecule has 8 heteroatoms. The Hall–Kier alpha value is -4.64. The number of anilines is 1. The minimum absolute atomic E-state index is 0.0480. The van der Waals surface area contributed by atoms with E-state index in [9.17, 15) is 14.9 Å². The number of pyridine rings is 1. The Morgan fingerprint density at radius 1 is 0.846 bits per heavy atom. The molecule has 4 heterocycles. The van der Waals surface area contributed by atoms with Gasteiger partial charge in [-0.2, -0.15) is 5.26 Å². The van der Waals surface area contributed by atoms with Crippen LogP contribution in [0.1, 0.15) is 43.0 Å². The van der Waals surface area contributed by atoms with Crippen LogP contribution in [0.25, 0.3) is 21.8 Å². The molecule has 0 saturated carbocycles. The summed E-state index contributed by atoms with van der Waals surface area (Å²) in [7, 11) is 0. The van der Waals surface area contributed by atoms with Crippen molar-refractivity contribution in [2.75, 3.05) is 18.0 Å². The van der Waals surface area contributed by atoms with Gasteiger partial charge in [-0.15, -0.1) is 0 Å². The minimum atomic E-state index is -0.428. The Morgan fingerprint density at radius 3 is 2.33 bits per heavy atom. The smallest absolute Gasteiger partial charge is 0.331 e. The number of hydrogen-bond donors (Lipinski definition) is 0. The highest BCUT2D eigenvalue weighted by Gasteiger charge is 2.29. The van der Waals surface area contributed by atoms with Crippen LogP contribution >= 0.6 is 0 Å². The first-order chi connectivity index (χ1) is 19.1. The van der Waals surface area contributed by atoms with Crippen LogP contribution in [0.15, 0.2) is 76.4 Å². The van der Waals surface area contributed by atoms with Crippen LogP contribution in [-0.2, 0) is 19.6 Å². The highest BCUT2D eigenvalue weighted by Crippen LogP contribution is 2.33. The molecule has 39 heavy (non-hydrogen) atoms. The van der Waals surface area contributed by atoms with Crippen molar-refractivity contribution in [3.63, 3.8) is 0 Å². The van der Waals surface area contributed by atoms with E-state index in [4.69, 9.17) is 0 Å². The molecule has 8 nitrogen and oxygen atoms in total. The summed E-state index contributed by atoms with van der Waals surface area (Å²) in [5, 5.41) is 12.3. The Kier molecular flexibility index (Phi) is 6.49. The summed E-state index contributed by atoms with van der Waals surface area (Å²) in [6.07, 6.45) is 4.90. The van der Waals surface area contributed by atoms with Gasteiger partial charge in [-0.1, -0.05) is 54.6 Å². The van der Waals surface area contributed by atoms with Gasteiger partial charge in [0.15, 0.2) is 0 Å². The van der Waals surface area contributed by atoms with Gasteiger partial charge in [0.1, 0.15) is 23.0 Å². The van der Waals surface area contributed by atoms with E-state index >= 15 is 0 Å². The summed E-state index contributed by atoms with van der Waals surface area (Å²) in [5.41, 5.74) is 2.06. The second kappa shape index (κ2) is 10.3. The molecule has 1 aliphatic heterocycles. The average Bonchev–Trinajstić information content (AvgIpc) is 3.30. The average molecular weight is 519 g/mol. The van der Waals surface area contributed by atoms with E-state index in [1.54, 1.807) is 10.8 Å². The maximum absolute atomic E-state index is 14.3. The summed E-state index contributed by atoms with van der Waals surface area (Å²) in [4.78, 5) is 34.9. The molecule has 0 N–H and O–H groups in total. The molecule has 196 valence electrons. The number of piperidine rings is 1. The lowest BCUT2D eigenvalue weighted by Gasteiger charge is -2.30. The normalized spacial score (nSPS) is 13.7. The Morgan fingerprint density at radius 2 is 1.59 bits per heavy atom. The van der Waals surface area contributed by atoms with Crippen molar-refractivity contribution in [1.82, 2.24) is 18.7 Å². The lowest BCUT2D eigenvalue weighted by Crippen LogP contribution is -2.41. The third-order valence-corrected chi connectivity index (χ3v) is 7.72. The van der Waals surface area contributed by atoms with E-state index in [-0.39, 0.29) is 6.54 Å². The monoisotopic (exact) mass is 518 g/mol. The number of nitriles is 1. The summed E-state index contributed by atoms with van der Waals surface area (Å²) >= 11 is 0. The molecule has 2 aromatic carbocycles. The molecule has 0 amide bonds. The topological polar surface area (TPSA) is 88.8 Å². The molecule has 1 saturated heterocycles. The predicted octanol–water partition coefficient (Wildman–Crippen LogP) is 4.49. The lowest BCUT2D eigenvalue weighted by molar-refractivity contribution is 0.564. The fourth-order valence-electron chi connectivity index (χ4n) is 5.88. The van der Waals surface area contributed by atoms with Crippen LogP contribution in [0.3, 0.4) is 0 Å². The number of aryl methyl sites for hydroxylation is 1. The quantitative estimate of drug-likeness (QED) is 0.330. The maximum atomic E-state index is 14.3. The van der Waals surface area contributed by atoms with Crippen LogP contribution < -0.4 is 16.1 Å². The van der Waals surface area contributed by atoms with Gasteiger partial charge in [-0.3, -0.25) is 18.9 Å². The number of benzene rings is 2. The van der Waals surface area contributed by atoms with Crippen LogP contribution in [0.5, 0.6) is 0 Å². The second-order valence-electron chi connectivity index (χ2n) is 10.0. The number of rotatable bonds is 6. The van der Waals surface area contributed by atoms with Gasteiger partial charge < -0.3 is 9.47 Å². The van der Waals surface area contributed by atoms with Gasteiger partial charge in [0.2, 0.25) is 0 Å². The van der Waals surface area contributed by atoms with Crippen LogP contribution in [0.4, 0.5) is 5.82 Å². The first kappa shape index (κ1) is 24.7. The number of hydrogen-bond acceptors (Lipinski definition) is 5. The summed E-state index contributed by atoms with van der Waals surface area (Å²) in [5.74, 6) is 0.732. The minimum Gasteiger partial charge on any atom is -0.357 e. The third-order valence-electron chi connectivity index (χ3n) is 7.72. The van der Waals surface area contributed by atoms with E-state index in [1.165, 1.54) is 4.57 Å². The van der Waals surface area contributed by atoms with Crippen molar-refractivity contribution in [3.8, 4) is 6.07 Å². The number of aromatic nitrogens is 4. The molecule has 0 atom stereocenters. The SMILES string of the molecule is CCn1c(=O)n(Cc2nccc3ccccc23)c(=O)c2c1c(C#N)c(N1CCCCC1)n2Cc1ccccc1. The van der Waals surface area contributed by atoms with Gasteiger partial charge in [0, 0.05) is 37.8 Å². The molecular formula is C31H30N6O2. The fraction of sp³-hybridized carbons (Fsp3) is 0.290. The van der Waals surface area contributed by atoms with E-state index < -0.39 is 11.2 Å². The second-order valence-corrected chi connectivity index (χ2v) is 10.0. The van der Waals surface area contributed by atoms with Crippen LogP contribution in [0.2, 0.25) is 0 Å². The highest BCUT2D eigenvalue weighted by atomic mass is 16.2. The van der Waals surface area contributed by atoms with Crippen molar-refractivity contribution >= 4 is 27.6 Å². The maximum Gasteiger partial charge on any atom is 0.331 e. The third kappa shape index (κ3) is 4.20. The largest absolute Gasteiger partial charge is 0.357 e. The standard InChI is InChI=1S/C31H30N6O2/c1-2-35-27-25(19-32)29(34-17-9-4-10-18-34)36(20-22-11-5-3-6-12-22)28(27)30(38)37(31(35)39)21-26-24-14-8-7-13-23(24)15-16-33-26/h3,5-8,11-16H,2,4,9-10,17-18,20-21H2,1H3. The Labute approximate surface area is 226 Å². The summed E-state index contributed by atoms with van der Waals surface area (Å²) in [6, 6.07) is 22.1. The molecule has 3 aromatic heterocycles. The van der Waals surface area contributed by atoms with Crippen molar-refractivity contribution in [2.24, 2.45) is 0 Å². The molecule has 0 radical (unpaired) electrons. The first-order valence-corrected chi connectivity index (χ1v) is 13.5. The Bertz CT molecular complexity index is 1830. The first-order valence-electron chi connectivity index (χ1n) is 13.5. The van der Waals surface area contributed by atoms with Crippen molar-refractivity contribution in [2.45, 2.75) is 45.8 Å². The Balaban J connectivity index is 1.65. The highest BCUT2D eigenvalue weighted by molar-refractivity contribution is 5.90. The zero-order chi connectivity index (χ0) is 26.9. The number of nitrogens with zero attached hydrogens (tertiary/aromatic N) is 6. The van der Waals surface area contributed by atoms with Crippen molar-refractivity contribution in [1.29, 1.82) is 5.26 Å². The van der Waals surface area contributed by atoms with Gasteiger partial charge >= 0.3 is 5.69 Å².